The van der Waals surface area contributed by atoms with Crippen molar-refractivity contribution >= 4 is 33.2 Å². The zero-order valence-electron chi connectivity index (χ0n) is 11.2. The van der Waals surface area contributed by atoms with Crippen LogP contribution in [-0.2, 0) is 0 Å². The van der Waals surface area contributed by atoms with Gasteiger partial charge in [0.15, 0.2) is 12.4 Å². The van der Waals surface area contributed by atoms with Gasteiger partial charge in [-0.3, -0.25) is 0 Å². The fourth-order valence-electron chi connectivity index (χ4n) is 3.27. The molecule has 2 heterocycles. The Morgan fingerprint density at radius 1 is 1.19 bits per heavy atom. The maximum absolute atomic E-state index is 15.0. The molecule has 0 aromatic heterocycles. The van der Waals surface area contributed by atoms with Gasteiger partial charge in [0.2, 0.25) is 0 Å². The molecule has 2 aliphatic heterocycles. The van der Waals surface area contributed by atoms with E-state index >= 15 is 4.39 Å². The lowest BCUT2D eigenvalue weighted by Gasteiger charge is -2.39. The molecular weight excluding hydrogens is 357 g/mol. The first-order valence-electron chi connectivity index (χ1n) is 6.74. The van der Waals surface area contributed by atoms with Crippen LogP contribution in [0, 0.1) is 0 Å². The molecule has 2 nitrogen and oxygen atoms in total. The molecule has 3 atom stereocenters. The average Bonchev–Trinajstić information content (AvgIpc) is 2.73. The van der Waals surface area contributed by atoms with Crippen LogP contribution < -0.4 is 9.64 Å². The molecule has 2 aromatic carbocycles. The maximum Gasteiger partial charge on any atom is 0.170 e. The molecule has 2 aliphatic rings. The first kappa shape index (κ1) is 13.4. The monoisotopic (exact) mass is 367 g/mol. The fourth-order valence-corrected chi connectivity index (χ4v) is 3.79. The van der Waals surface area contributed by atoms with Gasteiger partial charge in [-0.2, -0.15) is 0 Å². The van der Waals surface area contributed by atoms with Crippen LogP contribution in [0.15, 0.2) is 40.9 Å². The van der Waals surface area contributed by atoms with E-state index in [1.807, 2.05) is 36.1 Å². The van der Waals surface area contributed by atoms with Crippen molar-refractivity contribution in [2.45, 2.75) is 25.4 Å². The largest absolute Gasteiger partial charge is 0.470 e. The molecule has 0 N–H and O–H groups in total. The highest BCUT2D eigenvalue weighted by Crippen LogP contribution is 2.55. The number of anilines is 1. The van der Waals surface area contributed by atoms with E-state index in [1.54, 1.807) is 12.1 Å². The molecule has 0 amide bonds. The van der Waals surface area contributed by atoms with E-state index < -0.39 is 6.17 Å². The minimum absolute atomic E-state index is 0.225. The smallest absolute Gasteiger partial charge is 0.170 e. The van der Waals surface area contributed by atoms with E-state index in [2.05, 4.69) is 15.9 Å². The third-order valence-corrected chi connectivity index (χ3v) is 4.85. The second-order valence-corrected chi connectivity index (χ2v) is 6.71. The molecular formula is C16H12BrClFNO. The van der Waals surface area contributed by atoms with Crippen LogP contribution in [-0.4, -0.2) is 6.23 Å². The van der Waals surface area contributed by atoms with E-state index in [1.165, 1.54) is 0 Å². The Kier molecular flexibility index (Phi) is 2.95. The Balaban J connectivity index is 1.91. The highest BCUT2D eigenvalue weighted by molar-refractivity contribution is 9.10. The minimum Gasteiger partial charge on any atom is -0.470 e. The molecule has 0 fully saturated rings. The first-order valence-corrected chi connectivity index (χ1v) is 7.91. The summed E-state index contributed by atoms with van der Waals surface area (Å²) < 4.78 is 21.9. The van der Waals surface area contributed by atoms with E-state index in [0.717, 1.165) is 21.5 Å². The SMILES string of the molecule is CC1Oc2cc(Br)ccc2C2C(F)c3cc(Cl)ccc3N12. The zero-order valence-corrected chi connectivity index (χ0v) is 13.5. The predicted molar refractivity (Wildman–Crippen MR) is 84.8 cm³/mol. The molecule has 0 saturated heterocycles. The van der Waals surface area contributed by atoms with E-state index in [0.29, 0.717) is 10.6 Å². The van der Waals surface area contributed by atoms with Gasteiger partial charge in [0.05, 0.1) is 6.04 Å². The lowest BCUT2D eigenvalue weighted by Crippen LogP contribution is -2.42. The molecule has 21 heavy (non-hydrogen) atoms. The zero-order chi connectivity index (χ0) is 14.7. The molecule has 4 rings (SSSR count). The van der Waals surface area contributed by atoms with Gasteiger partial charge in [0.1, 0.15) is 5.75 Å². The number of fused-ring (bicyclic) bond motifs is 5. The Bertz CT molecular complexity index is 738. The van der Waals surface area contributed by atoms with E-state index in [9.17, 15) is 0 Å². The van der Waals surface area contributed by atoms with Gasteiger partial charge in [-0.25, -0.2) is 4.39 Å². The fraction of sp³-hybridized carbons (Fsp3) is 0.250. The summed E-state index contributed by atoms with van der Waals surface area (Å²) in [7, 11) is 0. The van der Waals surface area contributed by atoms with E-state index in [-0.39, 0.29) is 12.3 Å². The molecule has 2 aromatic rings. The molecule has 0 radical (unpaired) electrons. The third kappa shape index (κ3) is 1.89. The number of halogens is 3. The summed E-state index contributed by atoms with van der Waals surface area (Å²) in [6.45, 7) is 1.94. The van der Waals surface area contributed by atoms with Crippen molar-refractivity contribution in [3.8, 4) is 5.75 Å². The number of hydrogen-bond acceptors (Lipinski definition) is 2. The van der Waals surface area contributed by atoms with Crippen LogP contribution in [0.5, 0.6) is 5.75 Å². The van der Waals surface area contributed by atoms with Gasteiger partial charge in [-0.1, -0.05) is 33.6 Å². The predicted octanol–water partition coefficient (Wildman–Crippen LogP) is 5.41. The first-order chi connectivity index (χ1) is 10.1. The summed E-state index contributed by atoms with van der Waals surface area (Å²) in [5.41, 5.74) is 2.37. The lowest BCUT2D eigenvalue weighted by molar-refractivity contribution is 0.156. The van der Waals surface area contributed by atoms with Crippen molar-refractivity contribution in [2.24, 2.45) is 0 Å². The minimum atomic E-state index is -1.11. The topological polar surface area (TPSA) is 12.5 Å². The molecule has 0 bridgehead atoms. The summed E-state index contributed by atoms with van der Waals surface area (Å²) in [5, 5.41) is 0.556. The second-order valence-electron chi connectivity index (χ2n) is 5.36. The molecule has 0 spiro atoms. The van der Waals surface area contributed by atoms with Crippen LogP contribution in [0.3, 0.4) is 0 Å². The molecule has 0 saturated carbocycles. The van der Waals surface area contributed by atoms with Crippen LogP contribution in [0.25, 0.3) is 0 Å². The van der Waals surface area contributed by atoms with Crippen LogP contribution in [0.4, 0.5) is 10.1 Å². The highest BCUT2D eigenvalue weighted by Gasteiger charge is 2.46. The average molecular weight is 369 g/mol. The van der Waals surface area contributed by atoms with Gasteiger partial charge >= 0.3 is 0 Å². The van der Waals surface area contributed by atoms with Crippen LogP contribution in [0.2, 0.25) is 5.02 Å². The quantitative estimate of drug-likeness (QED) is 0.616. The van der Waals surface area contributed by atoms with Crippen molar-refractivity contribution in [2.75, 3.05) is 4.90 Å². The van der Waals surface area contributed by atoms with Crippen molar-refractivity contribution < 1.29 is 9.13 Å². The number of nitrogens with zero attached hydrogens (tertiary/aromatic N) is 1. The third-order valence-electron chi connectivity index (χ3n) is 4.13. The normalized spacial score (nSPS) is 25.9. The number of benzene rings is 2. The number of rotatable bonds is 0. The molecule has 5 heteroatoms. The Morgan fingerprint density at radius 3 is 2.81 bits per heavy atom. The van der Waals surface area contributed by atoms with Gasteiger partial charge in [-0.15, -0.1) is 0 Å². The molecule has 0 aliphatic carbocycles. The molecule has 3 unspecified atom stereocenters. The van der Waals surface area contributed by atoms with Gasteiger partial charge < -0.3 is 9.64 Å². The Hall–Kier alpha value is -1.26. The number of alkyl halides is 1. The van der Waals surface area contributed by atoms with Gasteiger partial charge in [0.25, 0.3) is 0 Å². The lowest BCUT2D eigenvalue weighted by atomic mass is 9.98. The summed E-state index contributed by atoms with van der Waals surface area (Å²) in [5.74, 6) is 0.736. The number of hydrogen-bond donors (Lipinski definition) is 0. The van der Waals surface area contributed by atoms with Crippen LogP contribution in [0.1, 0.15) is 30.3 Å². The summed E-state index contributed by atoms with van der Waals surface area (Å²) in [6.07, 6.45) is -1.33. The van der Waals surface area contributed by atoms with Crippen molar-refractivity contribution in [1.29, 1.82) is 0 Å². The maximum atomic E-state index is 15.0. The Labute approximate surface area is 135 Å². The highest BCUT2D eigenvalue weighted by atomic mass is 79.9. The van der Waals surface area contributed by atoms with Gasteiger partial charge in [-0.05, 0) is 37.3 Å². The molecule has 108 valence electrons. The standard InChI is InChI=1S/C16H12BrClFNO/c1-8-20-13-5-3-10(18)7-12(13)15(19)16(20)11-4-2-9(17)6-14(11)21-8/h2-8,15-16H,1H3. The second kappa shape index (κ2) is 4.62. The van der Waals surface area contributed by atoms with Crippen molar-refractivity contribution in [3.63, 3.8) is 0 Å². The van der Waals surface area contributed by atoms with E-state index in [4.69, 9.17) is 16.3 Å². The van der Waals surface area contributed by atoms with Crippen molar-refractivity contribution in [3.05, 3.63) is 57.0 Å². The number of ether oxygens (including phenoxy) is 1. The van der Waals surface area contributed by atoms with Crippen molar-refractivity contribution in [1.82, 2.24) is 0 Å². The van der Waals surface area contributed by atoms with Gasteiger partial charge in [0, 0.05) is 26.3 Å². The summed E-state index contributed by atoms with van der Waals surface area (Å²) in [4.78, 5) is 1.99. The summed E-state index contributed by atoms with van der Waals surface area (Å²) in [6, 6.07) is 10.7. The van der Waals surface area contributed by atoms with Crippen LogP contribution >= 0.6 is 27.5 Å². The summed E-state index contributed by atoms with van der Waals surface area (Å²) >= 11 is 9.45. The Morgan fingerprint density at radius 2 is 2.00 bits per heavy atom.